The van der Waals surface area contributed by atoms with E-state index in [1.807, 2.05) is 13.2 Å². The molecule has 0 saturated heterocycles. The van der Waals surface area contributed by atoms with Crippen LogP contribution in [0.5, 0.6) is 0 Å². The molecular formula is C13H15N3. The lowest BCUT2D eigenvalue weighted by molar-refractivity contribution is 0.779. The first-order valence-corrected chi connectivity index (χ1v) is 5.65. The number of rotatable bonds is 1. The number of benzene rings is 1. The summed E-state index contributed by atoms with van der Waals surface area (Å²) in [6.07, 6.45) is 5.54. The van der Waals surface area contributed by atoms with E-state index in [1.165, 1.54) is 36.0 Å². The zero-order chi connectivity index (χ0) is 11.1. The van der Waals surface area contributed by atoms with Crippen molar-refractivity contribution in [2.45, 2.75) is 19.3 Å². The summed E-state index contributed by atoms with van der Waals surface area (Å²) in [5, 5.41) is 4.18. The van der Waals surface area contributed by atoms with Crippen molar-refractivity contribution < 1.29 is 0 Å². The van der Waals surface area contributed by atoms with Gasteiger partial charge in [-0.15, -0.1) is 0 Å². The Labute approximate surface area is 94.9 Å². The van der Waals surface area contributed by atoms with Crippen molar-refractivity contribution >= 4 is 5.82 Å². The molecule has 0 saturated carbocycles. The molecule has 1 aromatic carbocycles. The number of hydrogen-bond donors (Lipinski definition) is 1. The van der Waals surface area contributed by atoms with Crippen LogP contribution in [0.3, 0.4) is 0 Å². The van der Waals surface area contributed by atoms with Gasteiger partial charge in [0.15, 0.2) is 0 Å². The molecule has 2 aromatic rings. The summed E-state index contributed by atoms with van der Waals surface area (Å²) in [7, 11) is 1.87. The first kappa shape index (κ1) is 9.46. The Bertz CT molecular complexity index is 540. The SMILES string of the molecule is Cn1ncc(-c2ccc3c(c2)CCC3)c1N. The van der Waals surface area contributed by atoms with E-state index in [2.05, 4.69) is 23.3 Å². The van der Waals surface area contributed by atoms with Gasteiger partial charge < -0.3 is 5.73 Å². The fourth-order valence-corrected chi connectivity index (χ4v) is 2.41. The van der Waals surface area contributed by atoms with Gasteiger partial charge in [-0.1, -0.05) is 18.2 Å². The molecule has 0 aliphatic heterocycles. The predicted molar refractivity (Wildman–Crippen MR) is 65.1 cm³/mol. The van der Waals surface area contributed by atoms with Gasteiger partial charge in [0.1, 0.15) is 5.82 Å². The highest BCUT2D eigenvalue weighted by atomic mass is 15.3. The minimum Gasteiger partial charge on any atom is -0.383 e. The maximum absolute atomic E-state index is 5.98. The predicted octanol–water partition coefficient (Wildman–Crippen LogP) is 2.16. The van der Waals surface area contributed by atoms with Gasteiger partial charge >= 0.3 is 0 Å². The normalized spacial score (nSPS) is 14.1. The molecule has 0 bridgehead atoms. The van der Waals surface area contributed by atoms with Crippen LogP contribution in [-0.2, 0) is 19.9 Å². The number of anilines is 1. The first-order valence-electron chi connectivity index (χ1n) is 5.65. The van der Waals surface area contributed by atoms with Gasteiger partial charge in [0.05, 0.1) is 6.20 Å². The van der Waals surface area contributed by atoms with Gasteiger partial charge in [0, 0.05) is 12.6 Å². The Morgan fingerprint density at radius 2 is 2.06 bits per heavy atom. The molecule has 0 amide bonds. The van der Waals surface area contributed by atoms with E-state index in [0.29, 0.717) is 0 Å². The van der Waals surface area contributed by atoms with Gasteiger partial charge in [0.2, 0.25) is 0 Å². The lowest BCUT2D eigenvalue weighted by Crippen LogP contribution is -1.98. The maximum atomic E-state index is 5.98. The van der Waals surface area contributed by atoms with E-state index in [0.717, 1.165) is 11.4 Å². The van der Waals surface area contributed by atoms with Crippen LogP contribution < -0.4 is 5.73 Å². The monoisotopic (exact) mass is 213 g/mol. The van der Waals surface area contributed by atoms with Gasteiger partial charge in [0.25, 0.3) is 0 Å². The Kier molecular flexibility index (Phi) is 1.99. The van der Waals surface area contributed by atoms with Crippen molar-refractivity contribution in [2.24, 2.45) is 7.05 Å². The third-order valence-electron chi connectivity index (χ3n) is 3.39. The van der Waals surface area contributed by atoms with Crippen molar-refractivity contribution in [3.8, 4) is 11.1 Å². The van der Waals surface area contributed by atoms with Crippen LogP contribution in [0.2, 0.25) is 0 Å². The molecule has 82 valence electrons. The molecule has 0 atom stereocenters. The Balaban J connectivity index is 2.10. The second-order valence-corrected chi connectivity index (χ2v) is 4.40. The number of nitrogens with two attached hydrogens (primary N) is 1. The van der Waals surface area contributed by atoms with Crippen LogP contribution in [-0.4, -0.2) is 9.78 Å². The molecule has 0 fully saturated rings. The fourth-order valence-electron chi connectivity index (χ4n) is 2.41. The molecule has 3 nitrogen and oxygen atoms in total. The number of aromatic nitrogens is 2. The summed E-state index contributed by atoms with van der Waals surface area (Å²) < 4.78 is 1.71. The summed E-state index contributed by atoms with van der Waals surface area (Å²) in [6, 6.07) is 6.64. The summed E-state index contributed by atoms with van der Waals surface area (Å²) in [6.45, 7) is 0. The minimum absolute atomic E-state index is 0.734. The number of aryl methyl sites for hydroxylation is 3. The summed E-state index contributed by atoms with van der Waals surface area (Å²) >= 11 is 0. The molecule has 1 heterocycles. The van der Waals surface area contributed by atoms with E-state index in [-0.39, 0.29) is 0 Å². The molecule has 0 unspecified atom stereocenters. The average molecular weight is 213 g/mol. The Hall–Kier alpha value is -1.77. The van der Waals surface area contributed by atoms with Crippen molar-refractivity contribution in [1.29, 1.82) is 0 Å². The highest BCUT2D eigenvalue weighted by Gasteiger charge is 2.13. The molecule has 0 radical (unpaired) electrons. The molecule has 0 spiro atoms. The van der Waals surface area contributed by atoms with Crippen molar-refractivity contribution in [3.05, 3.63) is 35.5 Å². The zero-order valence-electron chi connectivity index (χ0n) is 9.40. The van der Waals surface area contributed by atoms with Crippen LogP contribution in [0.15, 0.2) is 24.4 Å². The molecule has 1 aromatic heterocycles. The van der Waals surface area contributed by atoms with E-state index in [1.54, 1.807) is 4.68 Å². The topological polar surface area (TPSA) is 43.8 Å². The van der Waals surface area contributed by atoms with Gasteiger partial charge in [-0.25, -0.2) is 0 Å². The number of nitrogen functional groups attached to an aromatic ring is 1. The number of fused-ring (bicyclic) bond motifs is 1. The first-order chi connectivity index (χ1) is 7.75. The lowest BCUT2D eigenvalue weighted by Gasteiger charge is -2.04. The van der Waals surface area contributed by atoms with E-state index >= 15 is 0 Å². The van der Waals surface area contributed by atoms with Gasteiger partial charge in [-0.3, -0.25) is 4.68 Å². The van der Waals surface area contributed by atoms with Crippen LogP contribution in [0, 0.1) is 0 Å². The summed E-state index contributed by atoms with van der Waals surface area (Å²) in [5.74, 6) is 0.734. The lowest BCUT2D eigenvalue weighted by atomic mass is 10.0. The van der Waals surface area contributed by atoms with Crippen LogP contribution in [0.25, 0.3) is 11.1 Å². The standard InChI is InChI=1S/C13H15N3/c1-16-13(14)12(8-15-16)11-6-5-9-3-2-4-10(9)7-11/h5-8H,2-4,14H2,1H3. The Morgan fingerprint density at radius 1 is 1.25 bits per heavy atom. The largest absolute Gasteiger partial charge is 0.383 e. The molecule has 2 N–H and O–H groups in total. The average Bonchev–Trinajstić information content (AvgIpc) is 2.86. The smallest absolute Gasteiger partial charge is 0.129 e. The molecular weight excluding hydrogens is 198 g/mol. The molecule has 16 heavy (non-hydrogen) atoms. The van der Waals surface area contributed by atoms with Crippen LogP contribution >= 0.6 is 0 Å². The molecule has 1 aliphatic rings. The second kappa shape index (κ2) is 3.37. The maximum Gasteiger partial charge on any atom is 0.129 e. The van der Waals surface area contributed by atoms with Crippen LogP contribution in [0.4, 0.5) is 5.82 Å². The Morgan fingerprint density at radius 3 is 2.81 bits per heavy atom. The summed E-state index contributed by atoms with van der Waals surface area (Å²) in [5.41, 5.74) is 11.2. The molecule has 1 aliphatic carbocycles. The third kappa shape index (κ3) is 1.32. The van der Waals surface area contributed by atoms with Crippen molar-refractivity contribution in [1.82, 2.24) is 9.78 Å². The minimum atomic E-state index is 0.734. The highest BCUT2D eigenvalue weighted by Crippen LogP contribution is 2.30. The molecule has 3 heteroatoms. The van der Waals surface area contributed by atoms with Crippen molar-refractivity contribution in [2.75, 3.05) is 5.73 Å². The quantitative estimate of drug-likeness (QED) is 0.788. The van der Waals surface area contributed by atoms with Crippen molar-refractivity contribution in [3.63, 3.8) is 0 Å². The summed E-state index contributed by atoms with van der Waals surface area (Å²) in [4.78, 5) is 0. The number of hydrogen-bond acceptors (Lipinski definition) is 2. The van der Waals surface area contributed by atoms with Gasteiger partial charge in [-0.2, -0.15) is 5.10 Å². The fraction of sp³-hybridized carbons (Fsp3) is 0.308. The second-order valence-electron chi connectivity index (χ2n) is 4.40. The van der Waals surface area contributed by atoms with E-state index < -0.39 is 0 Å². The van der Waals surface area contributed by atoms with E-state index in [4.69, 9.17) is 5.73 Å². The van der Waals surface area contributed by atoms with Crippen LogP contribution in [0.1, 0.15) is 17.5 Å². The zero-order valence-corrected chi connectivity index (χ0v) is 9.40. The number of nitrogens with zero attached hydrogens (tertiary/aromatic N) is 2. The third-order valence-corrected chi connectivity index (χ3v) is 3.39. The highest BCUT2D eigenvalue weighted by molar-refractivity contribution is 5.74. The van der Waals surface area contributed by atoms with Gasteiger partial charge in [-0.05, 0) is 36.0 Å². The van der Waals surface area contributed by atoms with E-state index in [9.17, 15) is 0 Å². The molecule has 3 rings (SSSR count).